The summed E-state index contributed by atoms with van der Waals surface area (Å²) in [6.07, 6.45) is 0.377. The third kappa shape index (κ3) is 3.17. The normalized spacial score (nSPS) is 12.5. The van der Waals surface area contributed by atoms with Crippen molar-refractivity contribution >= 4 is 17.4 Å². The highest BCUT2D eigenvalue weighted by molar-refractivity contribution is 6.30. The molecule has 1 aromatic carbocycles. The summed E-state index contributed by atoms with van der Waals surface area (Å²) < 4.78 is 0. The minimum absolute atomic E-state index is 0.0995. The van der Waals surface area contributed by atoms with Crippen molar-refractivity contribution in [2.45, 2.75) is 19.4 Å². The SMILES string of the molecule is CC(=O)CC(N)c1ccc(Cl)cc1. The maximum absolute atomic E-state index is 10.8. The standard InChI is InChI=1S/C10H12ClNO/c1-7(13)6-10(12)8-2-4-9(11)5-3-8/h2-5,10H,6,12H2,1H3. The lowest BCUT2D eigenvalue weighted by molar-refractivity contribution is -0.117. The maximum Gasteiger partial charge on any atom is 0.131 e. The van der Waals surface area contributed by atoms with Gasteiger partial charge in [0.05, 0.1) is 0 Å². The summed E-state index contributed by atoms with van der Waals surface area (Å²) in [7, 11) is 0. The van der Waals surface area contributed by atoms with E-state index in [0.29, 0.717) is 11.4 Å². The molecule has 0 aromatic heterocycles. The third-order valence-electron chi connectivity index (χ3n) is 1.81. The number of nitrogens with two attached hydrogens (primary N) is 1. The topological polar surface area (TPSA) is 43.1 Å². The van der Waals surface area contributed by atoms with Gasteiger partial charge < -0.3 is 5.73 Å². The Hall–Kier alpha value is -0.860. The van der Waals surface area contributed by atoms with Gasteiger partial charge in [-0.1, -0.05) is 23.7 Å². The molecular formula is C10H12ClNO. The lowest BCUT2D eigenvalue weighted by atomic mass is 10.0. The van der Waals surface area contributed by atoms with Crippen molar-refractivity contribution in [3.63, 3.8) is 0 Å². The fourth-order valence-electron chi connectivity index (χ4n) is 1.14. The van der Waals surface area contributed by atoms with E-state index in [2.05, 4.69) is 0 Å². The minimum atomic E-state index is -0.213. The average Bonchev–Trinajstić information content (AvgIpc) is 2.04. The molecular weight excluding hydrogens is 186 g/mol. The quantitative estimate of drug-likeness (QED) is 0.808. The van der Waals surface area contributed by atoms with Crippen molar-refractivity contribution in [3.8, 4) is 0 Å². The van der Waals surface area contributed by atoms with Crippen molar-refractivity contribution in [1.82, 2.24) is 0 Å². The van der Waals surface area contributed by atoms with Crippen LogP contribution in [0.5, 0.6) is 0 Å². The maximum atomic E-state index is 10.8. The van der Waals surface area contributed by atoms with E-state index in [4.69, 9.17) is 17.3 Å². The Morgan fingerprint density at radius 3 is 2.46 bits per heavy atom. The van der Waals surface area contributed by atoms with E-state index < -0.39 is 0 Å². The molecule has 0 saturated heterocycles. The Kier molecular flexibility index (Phi) is 3.46. The first kappa shape index (κ1) is 10.2. The van der Waals surface area contributed by atoms with E-state index >= 15 is 0 Å². The van der Waals surface area contributed by atoms with Gasteiger partial charge in [0.1, 0.15) is 5.78 Å². The highest BCUT2D eigenvalue weighted by Crippen LogP contribution is 2.17. The molecule has 1 unspecified atom stereocenters. The molecule has 0 fully saturated rings. The van der Waals surface area contributed by atoms with Gasteiger partial charge in [0, 0.05) is 17.5 Å². The van der Waals surface area contributed by atoms with Gasteiger partial charge in [-0.15, -0.1) is 0 Å². The van der Waals surface area contributed by atoms with Crippen LogP contribution in [-0.2, 0) is 4.79 Å². The fraction of sp³-hybridized carbons (Fsp3) is 0.300. The van der Waals surface area contributed by atoms with Gasteiger partial charge in [0.15, 0.2) is 0 Å². The lowest BCUT2D eigenvalue weighted by Gasteiger charge is -2.09. The molecule has 0 aliphatic heterocycles. The van der Waals surface area contributed by atoms with E-state index in [0.717, 1.165) is 5.56 Å². The summed E-state index contributed by atoms with van der Waals surface area (Å²) in [6, 6.07) is 7.02. The number of carbonyl (C=O) groups excluding carboxylic acids is 1. The zero-order chi connectivity index (χ0) is 9.84. The van der Waals surface area contributed by atoms with Crippen LogP contribution in [0, 0.1) is 0 Å². The minimum Gasteiger partial charge on any atom is -0.324 e. The van der Waals surface area contributed by atoms with Crippen LogP contribution in [0.4, 0.5) is 0 Å². The molecule has 0 bridgehead atoms. The van der Waals surface area contributed by atoms with Gasteiger partial charge in [-0.3, -0.25) is 4.79 Å². The van der Waals surface area contributed by atoms with Crippen molar-refractivity contribution in [2.75, 3.05) is 0 Å². The largest absolute Gasteiger partial charge is 0.324 e. The second kappa shape index (κ2) is 4.40. The molecule has 1 aromatic rings. The Labute approximate surface area is 82.7 Å². The highest BCUT2D eigenvalue weighted by atomic mass is 35.5. The number of Topliss-reactive ketones (excluding diaryl/α,β-unsaturated/α-hetero) is 1. The van der Waals surface area contributed by atoms with E-state index in [1.807, 2.05) is 12.1 Å². The Morgan fingerprint density at radius 2 is 2.00 bits per heavy atom. The van der Waals surface area contributed by atoms with Gasteiger partial charge in [-0.25, -0.2) is 0 Å². The first-order valence-electron chi connectivity index (χ1n) is 4.10. The van der Waals surface area contributed by atoms with Crippen LogP contribution in [0.25, 0.3) is 0 Å². The number of hydrogen-bond acceptors (Lipinski definition) is 2. The molecule has 1 atom stereocenters. The monoisotopic (exact) mass is 197 g/mol. The molecule has 0 aliphatic carbocycles. The van der Waals surface area contributed by atoms with Crippen LogP contribution in [0.15, 0.2) is 24.3 Å². The van der Waals surface area contributed by atoms with Gasteiger partial charge in [-0.2, -0.15) is 0 Å². The summed E-state index contributed by atoms with van der Waals surface area (Å²) in [6.45, 7) is 1.54. The fourth-order valence-corrected chi connectivity index (χ4v) is 1.26. The summed E-state index contributed by atoms with van der Waals surface area (Å²) in [5.74, 6) is 0.0995. The van der Waals surface area contributed by atoms with Gasteiger partial charge in [-0.05, 0) is 24.6 Å². The molecule has 2 nitrogen and oxygen atoms in total. The van der Waals surface area contributed by atoms with E-state index in [-0.39, 0.29) is 11.8 Å². The summed E-state index contributed by atoms with van der Waals surface area (Å²) >= 11 is 5.71. The summed E-state index contributed by atoms with van der Waals surface area (Å²) in [5.41, 5.74) is 6.73. The molecule has 0 spiro atoms. The lowest BCUT2D eigenvalue weighted by Crippen LogP contribution is -2.13. The van der Waals surface area contributed by atoms with Crippen molar-refractivity contribution < 1.29 is 4.79 Å². The molecule has 2 N–H and O–H groups in total. The second-order valence-electron chi connectivity index (χ2n) is 3.06. The molecule has 3 heteroatoms. The van der Waals surface area contributed by atoms with Gasteiger partial charge >= 0.3 is 0 Å². The number of halogens is 1. The zero-order valence-corrected chi connectivity index (χ0v) is 8.21. The number of rotatable bonds is 3. The predicted octanol–water partition coefficient (Wildman–Crippen LogP) is 2.32. The highest BCUT2D eigenvalue weighted by Gasteiger charge is 2.07. The van der Waals surface area contributed by atoms with Crippen LogP contribution < -0.4 is 5.73 Å². The first-order valence-corrected chi connectivity index (χ1v) is 4.48. The van der Waals surface area contributed by atoms with E-state index in [1.165, 1.54) is 6.92 Å². The molecule has 0 aliphatic rings. The van der Waals surface area contributed by atoms with Crippen LogP contribution in [-0.4, -0.2) is 5.78 Å². The molecule has 0 heterocycles. The third-order valence-corrected chi connectivity index (χ3v) is 2.06. The first-order chi connectivity index (χ1) is 6.09. The van der Waals surface area contributed by atoms with Crippen LogP contribution in [0.3, 0.4) is 0 Å². The second-order valence-corrected chi connectivity index (χ2v) is 3.50. The average molecular weight is 198 g/mol. The molecule has 70 valence electrons. The molecule has 13 heavy (non-hydrogen) atoms. The van der Waals surface area contributed by atoms with E-state index in [1.54, 1.807) is 12.1 Å². The molecule has 0 saturated carbocycles. The van der Waals surface area contributed by atoms with Gasteiger partial charge in [0.2, 0.25) is 0 Å². The Morgan fingerprint density at radius 1 is 1.46 bits per heavy atom. The molecule has 0 amide bonds. The number of carbonyl (C=O) groups is 1. The number of ketones is 1. The zero-order valence-electron chi connectivity index (χ0n) is 7.46. The molecule has 1 rings (SSSR count). The predicted molar refractivity (Wildman–Crippen MR) is 53.7 cm³/mol. The Balaban J connectivity index is 2.71. The van der Waals surface area contributed by atoms with Crippen LogP contribution >= 0.6 is 11.6 Å². The van der Waals surface area contributed by atoms with Crippen molar-refractivity contribution in [1.29, 1.82) is 0 Å². The summed E-state index contributed by atoms with van der Waals surface area (Å²) in [5, 5.41) is 0.679. The van der Waals surface area contributed by atoms with E-state index in [9.17, 15) is 4.79 Å². The smallest absolute Gasteiger partial charge is 0.131 e. The Bertz CT molecular complexity index is 294. The van der Waals surface area contributed by atoms with Crippen LogP contribution in [0.1, 0.15) is 24.9 Å². The van der Waals surface area contributed by atoms with Gasteiger partial charge in [0.25, 0.3) is 0 Å². The molecule has 0 radical (unpaired) electrons. The van der Waals surface area contributed by atoms with Crippen molar-refractivity contribution in [2.24, 2.45) is 5.73 Å². The number of hydrogen-bond donors (Lipinski definition) is 1. The van der Waals surface area contributed by atoms with Crippen molar-refractivity contribution in [3.05, 3.63) is 34.9 Å². The summed E-state index contributed by atoms with van der Waals surface area (Å²) in [4.78, 5) is 10.8. The number of benzene rings is 1. The van der Waals surface area contributed by atoms with Crippen LogP contribution in [0.2, 0.25) is 5.02 Å².